The van der Waals surface area contributed by atoms with Crippen LogP contribution in [0.5, 0.6) is 0 Å². The smallest absolute Gasteiger partial charge is 0.308 e. The highest BCUT2D eigenvalue weighted by atomic mass is 19.1. The van der Waals surface area contributed by atoms with Gasteiger partial charge in [-0.2, -0.15) is 0 Å². The molecule has 7 heteroatoms. The van der Waals surface area contributed by atoms with Crippen molar-refractivity contribution in [1.29, 1.82) is 0 Å². The van der Waals surface area contributed by atoms with Gasteiger partial charge in [0.2, 0.25) is 11.8 Å². The predicted octanol–water partition coefficient (Wildman–Crippen LogP) is 1.46. The number of halogens is 1. The van der Waals surface area contributed by atoms with Crippen molar-refractivity contribution in [3.63, 3.8) is 0 Å². The lowest BCUT2D eigenvalue weighted by molar-refractivity contribution is -0.144. The molecule has 0 fully saturated rings. The quantitative estimate of drug-likeness (QED) is 0.744. The molecule has 0 radical (unpaired) electrons. The highest BCUT2D eigenvalue weighted by molar-refractivity contribution is 5.87. The molecule has 6 nitrogen and oxygen atoms in total. The third-order valence-corrected chi connectivity index (χ3v) is 3.08. The molecule has 2 atom stereocenters. The third-order valence-electron chi connectivity index (χ3n) is 3.08. The van der Waals surface area contributed by atoms with Gasteiger partial charge >= 0.3 is 5.97 Å². The lowest BCUT2D eigenvalue weighted by Gasteiger charge is -2.21. The van der Waals surface area contributed by atoms with Gasteiger partial charge in [-0.05, 0) is 31.5 Å². The van der Waals surface area contributed by atoms with Crippen LogP contribution < -0.4 is 10.6 Å². The summed E-state index contributed by atoms with van der Waals surface area (Å²) in [4.78, 5) is 34.8. The van der Waals surface area contributed by atoms with Crippen molar-refractivity contribution in [3.8, 4) is 0 Å². The molecule has 0 saturated carbocycles. The van der Waals surface area contributed by atoms with E-state index in [9.17, 15) is 18.8 Å². The fourth-order valence-electron chi connectivity index (χ4n) is 2.00. The Balaban J connectivity index is 2.86. The number of esters is 1. The number of hydrogen-bond donors (Lipinski definition) is 2. The number of rotatable bonds is 7. The number of benzene rings is 1. The van der Waals surface area contributed by atoms with Crippen LogP contribution in [0.4, 0.5) is 4.39 Å². The maximum absolute atomic E-state index is 13.0. The first-order valence-corrected chi connectivity index (χ1v) is 7.32. The summed E-state index contributed by atoms with van der Waals surface area (Å²) >= 11 is 0. The molecule has 0 aromatic heterocycles. The molecular formula is C16H21FN2O4. The highest BCUT2D eigenvalue weighted by Gasteiger charge is 2.22. The van der Waals surface area contributed by atoms with Crippen molar-refractivity contribution in [2.45, 2.75) is 39.3 Å². The number of hydrogen-bond acceptors (Lipinski definition) is 4. The summed E-state index contributed by atoms with van der Waals surface area (Å²) in [6.45, 7) is 4.75. The fraction of sp³-hybridized carbons (Fsp3) is 0.438. The Morgan fingerprint density at radius 3 is 2.30 bits per heavy atom. The zero-order chi connectivity index (χ0) is 17.4. The van der Waals surface area contributed by atoms with Crippen molar-refractivity contribution in [3.05, 3.63) is 35.6 Å². The second-order valence-electron chi connectivity index (χ2n) is 5.04. The number of amides is 2. The van der Waals surface area contributed by atoms with Gasteiger partial charge in [0, 0.05) is 6.92 Å². The molecule has 0 aliphatic carbocycles. The Hall–Kier alpha value is -2.44. The van der Waals surface area contributed by atoms with Gasteiger partial charge in [-0.1, -0.05) is 12.1 Å². The Bertz CT molecular complexity index is 560. The summed E-state index contributed by atoms with van der Waals surface area (Å²) in [6.07, 6.45) is -0.0853. The summed E-state index contributed by atoms with van der Waals surface area (Å²) in [5.41, 5.74) is 0.572. The summed E-state index contributed by atoms with van der Waals surface area (Å²) in [7, 11) is 0. The molecule has 1 aromatic carbocycles. The van der Waals surface area contributed by atoms with E-state index in [2.05, 4.69) is 10.6 Å². The molecule has 0 aliphatic rings. The maximum atomic E-state index is 13.0. The highest BCUT2D eigenvalue weighted by Crippen LogP contribution is 2.18. The average Bonchev–Trinajstić information content (AvgIpc) is 2.46. The van der Waals surface area contributed by atoms with E-state index in [0.717, 1.165) is 0 Å². The van der Waals surface area contributed by atoms with Crippen molar-refractivity contribution < 1.29 is 23.5 Å². The summed E-state index contributed by atoms with van der Waals surface area (Å²) in [5, 5.41) is 5.13. The molecule has 1 aromatic rings. The van der Waals surface area contributed by atoms with E-state index in [1.807, 2.05) is 0 Å². The van der Waals surface area contributed by atoms with Gasteiger partial charge in [-0.3, -0.25) is 14.4 Å². The van der Waals surface area contributed by atoms with Crippen LogP contribution >= 0.6 is 0 Å². The first kappa shape index (κ1) is 18.6. The van der Waals surface area contributed by atoms with Crippen LogP contribution in [0.1, 0.15) is 38.8 Å². The molecule has 0 heterocycles. The van der Waals surface area contributed by atoms with E-state index in [1.165, 1.54) is 38.1 Å². The van der Waals surface area contributed by atoms with Crippen LogP contribution in [0.25, 0.3) is 0 Å². The lowest BCUT2D eigenvalue weighted by Crippen LogP contribution is -2.45. The number of carbonyl (C=O) groups excluding carboxylic acids is 3. The predicted molar refractivity (Wildman–Crippen MR) is 81.8 cm³/mol. The van der Waals surface area contributed by atoms with Crippen LogP contribution in [0.3, 0.4) is 0 Å². The maximum Gasteiger partial charge on any atom is 0.308 e. The molecule has 23 heavy (non-hydrogen) atoms. The normalized spacial score (nSPS) is 12.9. The van der Waals surface area contributed by atoms with E-state index in [-0.39, 0.29) is 18.9 Å². The number of nitrogens with one attached hydrogen (secondary N) is 2. The molecule has 0 bridgehead atoms. The van der Waals surface area contributed by atoms with E-state index in [4.69, 9.17) is 4.74 Å². The van der Waals surface area contributed by atoms with Gasteiger partial charge in [-0.15, -0.1) is 0 Å². The van der Waals surface area contributed by atoms with E-state index in [1.54, 1.807) is 6.92 Å². The minimum absolute atomic E-state index is 0.0853. The first-order valence-electron chi connectivity index (χ1n) is 7.32. The fourth-order valence-corrected chi connectivity index (χ4v) is 2.00. The van der Waals surface area contributed by atoms with Crippen LogP contribution in [-0.4, -0.2) is 30.4 Å². The van der Waals surface area contributed by atoms with Gasteiger partial charge in [-0.25, -0.2) is 4.39 Å². The van der Waals surface area contributed by atoms with Gasteiger partial charge in [0.1, 0.15) is 11.9 Å². The second kappa shape index (κ2) is 8.87. The van der Waals surface area contributed by atoms with Gasteiger partial charge in [0.25, 0.3) is 0 Å². The summed E-state index contributed by atoms with van der Waals surface area (Å²) in [5.74, 6) is -1.67. The van der Waals surface area contributed by atoms with E-state index < -0.39 is 29.8 Å². The van der Waals surface area contributed by atoms with Crippen LogP contribution in [0, 0.1) is 5.82 Å². The van der Waals surface area contributed by atoms with Crippen molar-refractivity contribution in [1.82, 2.24) is 10.6 Å². The Morgan fingerprint density at radius 1 is 1.17 bits per heavy atom. The Morgan fingerprint density at radius 2 is 1.78 bits per heavy atom. The molecule has 2 unspecified atom stereocenters. The summed E-state index contributed by atoms with van der Waals surface area (Å²) in [6, 6.07) is 4.05. The zero-order valence-electron chi connectivity index (χ0n) is 13.4. The van der Waals surface area contributed by atoms with Gasteiger partial charge in [0.05, 0.1) is 19.1 Å². The molecule has 0 aliphatic heterocycles. The molecule has 2 N–H and O–H groups in total. The van der Waals surface area contributed by atoms with Crippen molar-refractivity contribution in [2.24, 2.45) is 0 Å². The molecule has 1 rings (SSSR count). The van der Waals surface area contributed by atoms with Gasteiger partial charge in [0.15, 0.2) is 0 Å². The van der Waals surface area contributed by atoms with Crippen LogP contribution in [-0.2, 0) is 19.1 Å². The molecule has 126 valence electrons. The van der Waals surface area contributed by atoms with E-state index in [0.29, 0.717) is 5.56 Å². The van der Waals surface area contributed by atoms with Crippen LogP contribution in [0.2, 0.25) is 0 Å². The Kier molecular flexibility index (Phi) is 7.18. The van der Waals surface area contributed by atoms with E-state index >= 15 is 0 Å². The second-order valence-corrected chi connectivity index (χ2v) is 5.04. The average molecular weight is 324 g/mol. The Labute approximate surface area is 134 Å². The molecule has 0 saturated heterocycles. The van der Waals surface area contributed by atoms with Gasteiger partial charge < -0.3 is 15.4 Å². The zero-order valence-corrected chi connectivity index (χ0v) is 13.4. The topological polar surface area (TPSA) is 84.5 Å². The monoisotopic (exact) mass is 324 g/mol. The first-order chi connectivity index (χ1) is 10.8. The number of ether oxygens (including phenoxy) is 1. The number of carbonyl (C=O) groups is 3. The lowest BCUT2D eigenvalue weighted by atomic mass is 10.0. The SMILES string of the molecule is CCOC(=O)CC(NC(=O)C(C)NC(C)=O)c1ccc(F)cc1. The third kappa shape index (κ3) is 6.46. The summed E-state index contributed by atoms with van der Waals surface area (Å²) < 4.78 is 17.9. The van der Waals surface area contributed by atoms with Crippen molar-refractivity contribution in [2.75, 3.05) is 6.61 Å². The van der Waals surface area contributed by atoms with Crippen molar-refractivity contribution >= 4 is 17.8 Å². The van der Waals surface area contributed by atoms with Crippen LogP contribution in [0.15, 0.2) is 24.3 Å². The standard InChI is InChI=1S/C16H21FN2O4/c1-4-23-15(21)9-14(12-5-7-13(17)8-6-12)19-16(22)10(2)18-11(3)20/h5-8,10,14H,4,9H2,1-3H3,(H,18,20)(H,19,22). The largest absolute Gasteiger partial charge is 0.466 e. The molecular weight excluding hydrogens is 303 g/mol. The minimum atomic E-state index is -0.752. The molecule has 2 amide bonds. The molecule has 0 spiro atoms. The minimum Gasteiger partial charge on any atom is -0.466 e.